The van der Waals surface area contributed by atoms with Gasteiger partial charge >= 0.3 is 0 Å². The highest BCUT2D eigenvalue weighted by Crippen LogP contribution is 2.14. The van der Waals surface area contributed by atoms with Crippen LogP contribution in [0.3, 0.4) is 0 Å². The summed E-state index contributed by atoms with van der Waals surface area (Å²) in [5.41, 5.74) is 0.228. The van der Waals surface area contributed by atoms with Gasteiger partial charge < -0.3 is 15.0 Å². The van der Waals surface area contributed by atoms with Crippen LogP contribution in [0.2, 0.25) is 5.02 Å². The number of nitrogens with one attached hydrogen (secondary N) is 2. The van der Waals surface area contributed by atoms with Crippen molar-refractivity contribution in [2.75, 3.05) is 17.7 Å². The van der Waals surface area contributed by atoms with Crippen molar-refractivity contribution in [1.29, 1.82) is 0 Å². The number of halogens is 1. The maximum atomic E-state index is 12.2. The van der Waals surface area contributed by atoms with Gasteiger partial charge in [0, 0.05) is 28.7 Å². The third-order valence-corrected chi connectivity index (χ3v) is 4.96. The van der Waals surface area contributed by atoms with Gasteiger partial charge in [-0.2, -0.15) is 0 Å². The maximum absolute atomic E-state index is 12.2. The summed E-state index contributed by atoms with van der Waals surface area (Å²) in [4.78, 5) is 26.5. The molecule has 1 aromatic carbocycles. The Morgan fingerprint density at radius 1 is 1.27 bits per heavy atom. The molecule has 140 valence electrons. The molecule has 2 N–H and O–H groups in total. The van der Waals surface area contributed by atoms with Gasteiger partial charge in [0.15, 0.2) is 15.6 Å². The molecular formula is C17H19ClN2O5S. The normalized spacial score (nSPS) is 11.2. The molecule has 0 atom stereocenters. The number of ether oxygens (including phenoxy) is 1. The number of hydrogen-bond acceptors (Lipinski definition) is 5. The Kier molecular flexibility index (Phi) is 6.82. The highest BCUT2D eigenvalue weighted by molar-refractivity contribution is 7.91. The molecule has 0 aliphatic carbocycles. The molecule has 0 unspecified atom stereocenters. The topological polar surface area (TPSA) is 105 Å². The summed E-state index contributed by atoms with van der Waals surface area (Å²) in [6, 6.07) is 7.47. The number of benzene rings is 1. The van der Waals surface area contributed by atoms with Crippen molar-refractivity contribution in [2.24, 2.45) is 0 Å². The summed E-state index contributed by atoms with van der Waals surface area (Å²) >= 11 is 5.75. The number of aromatic nitrogens is 1. The highest BCUT2D eigenvalue weighted by Gasteiger charge is 2.18. The number of H-pyrrole nitrogens is 1. The quantitative estimate of drug-likeness (QED) is 0.710. The molecule has 0 saturated carbocycles. The van der Waals surface area contributed by atoms with Crippen LogP contribution in [0.1, 0.15) is 19.0 Å². The zero-order chi connectivity index (χ0) is 19.2. The lowest BCUT2D eigenvalue weighted by atomic mass is 10.3. The minimum absolute atomic E-state index is 0.133. The Morgan fingerprint density at radius 3 is 2.58 bits per heavy atom. The minimum atomic E-state index is -3.76. The Morgan fingerprint density at radius 2 is 1.96 bits per heavy atom. The molecule has 0 fully saturated rings. The van der Waals surface area contributed by atoms with Crippen LogP contribution < -0.4 is 15.5 Å². The van der Waals surface area contributed by atoms with Gasteiger partial charge in [0.2, 0.25) is 11.3 Å². The standard InChI is InChI=1S/C17H19ClN2O5S/c1-2-7-25-16-9-19-14(8-15(16)21)10-26(23,24)11-17(22)20-13-5-3-12(18)4-6-13/h3-6,8-9H,2,7,10-11H2,1H3,(H,19,21)(H,20,22). The number of amides is 1. The van der Waals surface area contributed by atoms with Crippen LogP contribution in [0.15, 0.2) is 41.3 Å². The van der Waals surface area contributed by atoms with Crippen molar-refractivity contribution < 1.29 is 17.9 Å². The molecule has 0 aliphatic rings. The Hall–Kier alpha value is -2.32. The molecule has 2 aromatic rings. The Bertz CT molecular complexity index is 923. The van der Waals surface area contributed by atoms with Crippen LogP contribution >= 0.6 is 11.6 Å². The van der Waals surface area contributed by atoms with Crippen LogP contribution in [0.4, 0.5) is 5.69 Å². The number of rotatable bonds is 8. The summed E-state index contributed by atoms with van der Waals surface area (Å²) < 4.78 is 29.6. The number of pyridine rings is 1. The van der Waals surface area contributed by atoms with E-state index in [-0.39, 0.29) is 11.4 Å². The molecule has 0 spiro atoms. The minimum Gasteiger partial charge on any atom is -0.488 e. The zero-order valence-electron chi connectivity index (χ0n) is 14.1. The van der Waals surface area contributed by atoms with Crippen LogP contribution in [0.5, 0.6) is 5.75 Å². The van der Waals surface area contributed by atoms with Crippen molar-refractivity contribution >= 4 is 33.0 Å². The molecule has 2 rings (SSSR count). The zero-order valence-corrected chi connectivity index (χ0v) is 15.7. The van der Waals surface area contributed by atoms with E-state index >= 15 is 0 Å². The predicted octanol–water partition coefficient (Wildman–Crippen LogP) is 2.37. The Balaban J connectivity index is 1.99. The molecule has 7 nitrogen and oxygen atoms in total. The second-order valence-electron chi connectivity index (χ2n) is 5.62. The molecule has 1 heterocycles. The van der Waals surface area contributed by atoms with Gasteiger partial charge in [0.05, 0.1) is 12.4 Å². The van der Waals surface area contributed by atoms with E-state index in [1.54, 1.807) is 24.3 Å². The number of hydrogen-bond donors (Lipinski definition) is 2. The summed E-state index contributed by atoms with van der Waals surface area (Å²) in [6.45, 7) is 2.30. The molecular weight excluding hydrogens is 380 g/mol. The van der Waals surface area contributed by atoms with E-state index in [1.165, 1.54) is 12.3 Å². The van der Waals surface area contributed by atoms with Crippen LogP contribution in [0, 0.1) is 0 Å². The SMILES string of the molecule is CCCOc1c[nH]c(CS(=O)(=O)CC(=O)Nc2ccc(Cl)cc2)cc1=O. The highest BCUT2D eigenvalue weighted by atomic mass is 35.5. The summed E-state index contributed by atoms with van der Waals surface area (Å²) in [6.07, 6.45) is 2.08. The van der Waals surface area contributed by atoms with E-state index in [2.05, 4.69) is 10.3 Å². The first-order chi connectivity index (χ1) is 12.3. The van der Waals surface area contributed by atoms with Crippen molar-refractivity contribution in [3.05, 3.63) is 57.5 Å². The smallest absolute Gasteiger partial charge is 0.239 e. The van der Waals surface area contributed by atoms with E-state index in [0.717, 1.165) is 6.42 Å². The first kappa shape index (κ1) is 20.0. The van der Waals surface area contributed by atoms with Crippen molar-refractivity contribution in [3.8, 4) is 5.75 Å². The molecule has 1 aromatic heterocycles. The van der Waals surface area contributed by atoms with E-state index < -0.39 is 32.7 Å². The largest absolute Gasteiger partial charge is 0.488 e. The van der Waals surface area contributed by atoms with E-state index in [9.17, 15) is 18.0 Å². The van der Waals surface area contributed by atoms with Crippen LogP contribution in [0.25, 0.3) is 0 Å². The molecule has 0 aliphatic heterocycles. The van der Waals surface area contributed by atoms with Crippen molar-refractivity contribution in [1.82, 2.24) is 4.98 Å². The van der Waals surface area contributed by atoms with Gasteiger partial charge in [-0.25, -0.2) is 8.42 Å². The third kappa shape index (κ3) is 6.20. The second-order valence-corrected chi connectivity index (χ2v) is 8.12. The van der Waals surface area contributed by atoms with Gasteiger partial charge in [-0.05, 0) is 30.7 Å². The van der Waals surface area contributed by atoms with Gasteiger partial charge in [-0.3, -0.25) is 9.59 Å². The van der Waals surface area contributed by atoms with E-state index in [1.807, 2.05) is 6.92 Å². The summed E-state index contributed by atoms with van der Waals surface area (Å²) in [5, 5.41) is 2.99. The lowest BCUT2D eigenvalue weighted by molar-refractivity contribution is -0.113. The van der Waals surface area contributed by atoms with E-state index in [0.29, 0.717) is 17.3 Å². The summed E-state index contributed by atoms with van der Waals surface area (Å²) in [7, 11) is -3.76. The van der Waals surface area contributed by atoms with Gasteiger partial charge in [-0.15, -0.1) is 0 Å². The molecule has 1 amide bonds. The van der Waals surface area contributed by atoms with Crippen molar-refractivity contribution in [3.63, 3.8) is 0 Å². The van der Waals surface area contributed by atoms with Crippen molar-refractivity contribution in [2.45, 2.75) is 19.1 Å². The number of aromatic amines is 1. The fourth-order valence-electron chi connectivity index (χ4n) is 2.13. The maximum Gasteiger partial charge on any atom is 0.239 e. The molecule has 9 heteroatoms. The lowest BCUT2D eigenvalue weighted by Gasteiger charge is -2.08. The Labute approximate surface area is 156 Å². The van der Waals surface area contributed by atoms with Gasteiger partial charge in [-0.1, -0.05) is 18.5 Å². The van der Waals surface area contributed by atoms with Gasteiger partial charge in [0.25, 0.3) is 0 Å². The number of sulfone groups is 1. The fraction of sp³-hybridized carbons (Fsp3) is 0.294. The fourth-order valence-corrected chi connectivity index (χ4v) is 3.47. The second kappa shape index (κ2) is 8.86. The molecule has 0 radical (unpaired) electrons. The monoisotopic (exact) mass is 398 g/mol. The third-order valence-electron chi connectivity index (χ3n) is 3.25. The first-order valence-corrected chi connectivity index (χ1v) is 10.1. The predicted molar refractivity (Wildman–Crippen MR) is 100 cm³/mol. The number of carbonyl (C=O) groups is 1. The molecule has 0 saturated heterocycles. The first-order valence-electron chi connectivity index (χ1n) is 7.89. The molecule has 26 heavy (non-hydrogen) atoms. The average molecular weight is 399 g/mol. The number of anilines is 1. The summed E-state index contributed by atoms with van der Waals surface area (Å²) in [5.74, 6) is -1.69. The van der Waals surface area contributed by atoms with Crippen LogP contribution in [-0.4, -0.2) is 31.7 Å². The molecule has 0 bridgehead atoms. The van der Waals surface area contributed by atoms with Gasteiger partial charge in [0.1, 0.15) is 5.75 Å². The average Bonchev–Trinajstić information content (AvgIpc) is 2.55. The van der Waals surface area contributed by atoms with Crippen LogP contribution in [-0.2, 0) is 20.4 Å². The number of carbonyl (C=O) groups excluding carboxylic acids is 1. The van der Waals surface area contributed by atoms with E-state index in [4.69, 9.17) is 16.3 Å². The lowest BCUT2D eigenvalue weighted by Crippen LogP contribution is -2.24.